The van der Waals surface area contributed by atoms with Crippen molar-refractivity contribution in [2.45, 2.75) is 25.2 Å². The topological polar surface area (TPSA) is 55.2 Å². The van der Waals surface area contributed by atoms with Gasteiger partial charge in [0.1, 0.15) is 11.5 Å². The van der Waals surface area contributed by atoms with E-state index in [-0.39, 0.29) is 17.8 Å². The Balaban J connectivity index is 1.89. The van der Waals surface area contributed by atoms with Gasteiger partial charge in [-0.05, 0) is 57.4 Å². The second-order valence-electron chi connectivity index (χ2n) is 6.53. The van der Waals surface area contributed by atoms with Crippen LogP contribution in [0.3, 0.4) is 0 Å². The summed E-state index contributed by atoms with van der Waals surface area (Å²) in [5.41, 5.74) is 5.13. The summed E-state index contributed by atoms with van der Waals surface area (Å²) in [5, 5.41) is 8.66. The molecule has 3 atom stereocenters. The molecule has 1 N–H and O–H groups in total. The van der Waals surface area contributed by atoms with Gasteiger partial charge >= 0.3 is 0 Å². The first-order valence-electron chi connectivity index (χ1n) is 8.04. The minimum Gasteiger partial charge on any atom is -0.497 e. The molecule has 2 aliphatic rings. The lowest BCUT2D eigenvalue weighted by atomic mass is 9.69. The van der Waals surface area contributed by atoms with Gasteiger partial charge in [-0.3, -0.25) is 4.98 Å². The minimum atomic E-state index is 0.150. The molecule has 4 rings (SSSR count). The molecule has 0 fully saturated rings. The molecular weight excluding hydrogens is 368 g/mol. The molecule has 0 saturated carbocycles. The molecule has 1 aromatic heterocycles. The predicted octanol–water partition coefficient (Wildman–Crippen LogP) is 4.30. The molecule has 1 heterocycles. The Kier molecular flexibility index (Phi) is 3.64. The van der Waals surface area contributed by atoms with E-state index in [0.717, 1.165) is 28.1 Å². The van der Waals surface area contributed by atoms with Gasteiger partial charge in [0.2, 0.25) is 0 Å². The number of hydrogen-bond donors (Lipinski definition) is 1. The fourth-order valence-electron chi connectivity index (χ4n) is 4.40. The molecular formula is C19H19BrN2O2. The van der Waals surface area contributed by atoms with Crippen molar-refractivity contribution >= 4 is 21.6 Å². The zero-order valence-electron chi connectivity index (χ0n) is 13.9. The third kappa shape index (κ3) is 2.10. The fraction of sp³-hybridized carbons (Fsp3) is 0.368. The van der Waals surface area contributed by atoms with Crippen LogP contribution in [0.1, 0.15) is 41.1 Å². The van der Waals surface area contributed by atoms with Crippen molar-refractivity contribution in [3.8, 4) is 11.5 Å². The molecule has 5 heteroatoms. The van der Waals surface area contributed by atoms with E-state index in [9.17, 15) is 0 Å². The zero-order valence-corrected chi connectivity index (χ0v) is 15.5. The third-order valence-electron chi connectivity index (χ3n) is 5.40. The van der Waals surface area contributed by atoms with Gasteiger partial charge in [0.15, 0.2) is 0 Å². The summed E-state index contributed by atoms with van der Waals surface area (Å²) >= 11 is 3.52. The molecule has 0 unspecified atom stereocenters. The number of halogens is 1. The zero-order chi connectivity index (χ0) is 17.0. The van der Waals surface area contributed by atoms with Crippen LogP contribution >= 0.6 is 15.9 Å². The van der Waals surface area contributed by atoms with Crippen molar-refractivity contribution in [3.63, 3.8) is 0 Å². The highest BCUT2D eigenvalue weighted by molar-refractivity contribution is 9.10. The van der Waals surface area contributed by atoms with Gasteiger partial charge in [-0.25, -0.2) is 0 Å². The Labute approximate surface area is 149 Å². The molecule has 0 radical (unpaired) electrons. The van der Waals surface area contributed by atoms with E-state index >= 15 is 0 Å². The molecule has 0 spiro atoms. The van der Waals surface area contributed by atoms with Gasteiger partial charge < -0.3 is 14.9 Å². The summed E-state index contributed by atoms with van der Waals surface area (Å²) in [6, 6.07) is 6.17. The van der Waals surface area contributed by atoms with Crippen molar-refractivity contribution in [2.75, 3.05) is 14.2 Å². The van der Waals surface area contributed by atoms with Crippen molar-refractivity contribution in [1.29, 1.82) is 5.41 Å². The normalized spacial score (nSPS) is 24.2. The largest absolute Gasteiger partial charge is 0.497 e. The maximum atomic E-state index is 8.66. The Morgan fingerprint density at radius 1 is 1.21 bits per heavy atom. The van der Waals surface area contributed by atoms with E-state index in [1.807, 2.05) is 6.07 Å². The average molecular weight is 387 g/mol. The molecule has 0 bridgehead atoms. The van der Waals surface area contributed by atoms with Crippen LogP contribution in [-0.2, 0) is 6.42 Å². The number of nitrogens with zero attached hydrogens (tertiary/aromatic N) is 1. The second kappa shape index (κ2) is 5.59. The Bertz CT molecular complexity index is 850. The van der Waals surface area contributed by atoms with Crippen molar-refractivity contribution in [2.24, 2.45) is 5.92 Å². The number of fused-ring (bicyclic) bond motifs is 4. The van der Waals surface area contributed by atoms with Gasteiger partial charge in [-0.2, -0.15) is 0 Å². The second-order valence-corrected chi connectivity index (χ2v) is 7.45. The fourth-order valence-corrected chi connectivity index (χ4v) is 4.74. The summed E-state index contributed by atoms with van der Waals surface area (Å²) in [6.45, 7) is 2.19. The summed E-state index contributed by atoms with van der Waals surface area (Å²) in [4.78, 5) is 4.51. The van der Waals surface area contributed by atoms with Gasteiger partial charge in [0.25, 0.3) is 0 Å². The highest BCUT2D eigenvalue weighted by atomic mass is 79.9. The lowest BCUT2D eigenvalue weighted by Crippen LogP contribution is -2.28. The molecule has 0 aliphatic heterocycles. The Morgan fingerprint density at radius 3 is 2.71 bits per heavy atom. The molecule has 0 saturated heterocycles. The maximum absolute atomic E-state index is 8.66. The number of ether oxygens (including phenoxy) is 2. The van der Waals surface area contributed by atoms with Crippen LogP contribution < -0.4 is 9.47 Å². The number of rotatable bonds is 2. The highest BCUT2D eigenvalue weighted by Crippen LogP contribution is 2.53. The van der Waals surface area contributed by atoms with Crippen molar-refractivity contribution < 1.29 is 9.47 Å². The molecule has 0 amide bonds. The Hall–Kier alpha value is -1.88. The standard InChI is InChI=1S/C19H19BrN2O2/c1-9-16-10(4-12(23-2)7-15(16)24-3)5-13-14-6-11(20)8-22-19(14)18(21)17(9)13/h4,6-9,13,17,21H,5H2,1-3H3/t9-,13+,17+/m0/s1. The minimum absolute atomic E-state index is 0.150. The first kappa shape index (κ1) is 15.6. The van der Waals surface area contributed by atoms with Gasteiger partial charge in [0.05, 0.1) is 25.6 Å². The molecule has 2 aromatic rings. The maximum Gasteiger partial charge on any atom is 0.126 e. The first-order valence-corrected chi connectivity index (χ1v) is 8.83. The molecule has 1 aromatic carbocycles. The number of pyridine rings is 1. The molecule has 124 valence electrons. The highest BCUT2D eigenvalue weighted by Gasteiger charge is 2.46. The van der Waals surface area contributed by atoms with Crippen LogP contribution in [0.2, 0.25) is 0 Å². The van der Waals surface area contributed by atoms with Crippen molar-refractivity contribution in [3.05, 3.63) is 51.3 Å². The van der Waals surface area contributed by atoms with Gasteiger partial charge in [-0.15, -0.1) is 0 Å². The number of benzene rings is 1. The lowest BCUT2D eigenvalue weighted by Gasteiger charge is -2.35. The van der Waals surface area contributed by atoms with Crippen LogP contribution in [-0.4, -0.2) is 24.9 Å². The number of hydrogen-bond acceptors (Lipinski definition) is 4. The van der Waals surface area contributed by atoms with E-state index in [0.29, 0.717) is 5.71 Å². The summed E-state index contributed by atoms with van der Waals surface area (Å²) in [6.07, 6.45) is 2.66. The van der Waals surface area contributed by atoms with Crippen LogP contribution in [0.4, 0.5) is 0 Å². The quantitative estimate of drug-likeness (QED) is 0.836. The SMILES string of the molecule is COc1cc2c(c(OC)c1)[C@H](C)[C@H]1C(=N)c3ncc(Br)cc3[C@H]1C2. The van der Waals surface area contributed by atoms with E-state index < -0.39 is 0 Å². The van der Waals surface area contributed by atoms with Crippen LogP contribution in [0, 0.1) is 11.3 Å². The lowest BCUT2D eigenvalue weighted by molar-refractivity contribution is 0.370. The van der Waals surface area contributed by atoms with Gasteiger partial charge in [0, 0.05) is 28.2 Å². The van der Waals surface area contributed by atoms with Crippen LogP contribution in [0.15, 0.2) is 28.9 Å². The van der Waals surface area contributed by atoms with E-state index in [1.54, 1.807) is 20.4 Å². The average Bonchev–Trinajstić information content (AvgIpc) is 2.86. The van der Waals surface area contributed by atoms with Crippen LogP contribution in [0.25, 0.3) is 0 Å². The Morgan fingerprint density at radius 2 is 2.00 bits per heavy atom. The summed E-state index contributed by atoms with van der Waals surface area (Å²) in [5.74, 6) is 2.32. The summed E-state index contributed by atoms with van der Waals surface area (Å²) in [7, 11) is 3.37. The van der Waals surface area contributed by atoms with Crippen LogP contribution in [0.5, 0.6) is 11.5 Å². The van der Waals surface area contributed by atoms with E-state index in [1.165, 1.54) is 16.7 Å². The van der Waals surface area contributed by atoms with E-state index in [4.69, 9.17) is 14.9 Å². The predicted molar refractivity (Wildman–Crippen MR) is 96.7 cm³/mol. The van der Waals surface area contributed by atoms with Crippen molar-refractivity contribution in [1.82, 2.24) is 4.98 Å². The molecule has 2 aliphatic carbocycles. The number of nitrogens with one attached hydrogen (secondary N) is 1. The molecule has 4 nitrogen and oxygen atoms in total. The monoisotopic (exact) mass is 386 g/mol. The van der Waals surface area contributed by atoms with E-state index in [2.05, 4.69) is 40.0 Å². The number of methoxy groups -OCH3 is 2. The smallest absolute Gasteiger partial charge is 0.126 e. The first-order chi connectivity index (χ1) is 11.5. The number of aromatic nitrogens is 1. The summed E-state index contributed by atoms with van der Waals surface area (Å²) < 4.78 is 12.0. The van der Waals surface area contributed by atoms with Gasteiger partial charge in [-0.1, -0.05) is 6.92 Å². The molecule has 24 heavy (non-hydrogen) atoms. The third-order valence-corrected chi connectivity index (χ3v) is 5.83.